The first-order chi connectivity index (χ1) is 9.56. The van der Waals surface area contributed by atoms with Crippen LogP contribution in [0.3, 0.4) is 0 Å². The lowest BCUT2D eigenvalue weighted by molar-refractivity contribution is -0.0459. The molecule has 1 aliphatic heterocycles. The number of halogens is 1. The summed E-state index contributed by atoms with van der Waals surface area (Å²) in [5, 5.41) is 18.6. The lowest BCUT2D eigenvalue weighted by Crippen LogP contribution is -2.33. The van der Waals surface area contributed by atoms with Gasteiger partial charge in [0, 0.05) is 12.6 Å². The van der Waals surface area contributed by atoms with Crippen molar-refractivity contribution in [3.05, 3.63) is 32.6 Å². The minimum atomic E-state index is -0.913. The molecule has 0 aliphatic carbocycles. The minimum Gasteiger partial charge on any atom is -0.394 e. The van der Waals surface area contributed by atoms with Crippen LogP contribution in [-0.4, -0.2) is 45.3 Å². The van der Waals surface area contributed by atoms with E-state index >= 15 is 0 Å². The van der Waals surface area contributed by atoms with Gasteiger partial charge in [-0.3, -0.25) is 14.3 Å². The molecule has 0 spiro atoms. The first-order valence-corrected chi connectivity index (χ1v) is 5.91. The molecule has 7 nitrogen and oxygen atoms in total. The molecular weight excluding hydrogens is 271 g/mol. The number of rotatable bonds is 2. The Kier molecular flexibility index (Phi) is 4.34. The Labute approximate surface area is 112 Å². The van der Waals surface area contributed by atoms with Crippen molar-refractivity contribution < 1.29 is 19.3 Å². The summed E-state index contributed by atoms with van der Waals surface area (Å²) in [5.41, 5.74) is -1.52. The van der Waals surface area contributed by atoms with Crippen molar-refractivity contribution in [1.29, 1.82) is 0 Å². The number of H-pyrrole nitrogens is 1. The summed E-state index contributed by atoms with van der Waals surface area (Å²) >= 11 is 0. The van der Waals surface area contributed by atoms with Crippen molar-refractivity contribution in [2.75, 3.05) is 13.3 Å². The third-order valence-corrected chi connectivity index (χ3v) is 2.95. The Bertz CT molecular complexity index is 656. The van der Waals surface area contributed by atoms with Crippen LogP contribution in [-0.2, 0) is 4.74 Å². The van der Waals surface area contributed by atoms with Crippen molar-refractivity contribution >= 4 is 0 Å². The zero-order valence-electron chi connectivity index (χ0n) is 10.4. The van der Waals surface area contributed by atoms with Gasteiger partial charge in [0.1, 0.15) is 17.9 Å². The predicted octanol–water partition coefficient (Wildman–Crippen LogP) is -1.50. The number of nitrogens with one attached hydrogen (secondary N) is 1. The normalized spacial score (nSPS) is 25.2. The third-order valence-electron chi connectivity index (χ3n) is 2.95. The molecule has 1 saturated heterocycles. The number of aromatic amines is 1. The molecule has 1 aliphatic rings. The summed E-state index contributed by atoms with van der Waals surface area (Å²) in [6.45, 7) is -1.30. The highest BCUT2D eigenvalue weighted by Gasteiger charge is 2.35. The van der Waals surface area contributed by atoms with Gasteiger partial charge in [-0.15, -0.1) is 0 Å². The first kappa shape index (κ1) is 14.5. The smallest absolute Gasteiger partial charge is 0.330 e. The maximum atomic E-state index is 12.0. The molecule has 0 aromatic carbocycles. The quantitative estimate of drug-likeness (QED) is 0.573. The molecule has 0 saturated carbocycles. The molecule has 0 bridgehead atoms. The van der Waals surface area contributed by atoms with Gasteiger partial charge in [0.15, 0.2) is 6.67 Å². The van der Waals surface area contributed by atoms with E-state index < -0.39 is 36.4 Å². The summed E-state index contributed by atoms with van der Waals surface area (Å²) in [4.78, 5) is 25.2. The molecule has 2 heterocycles. The minimum absolute atomic E-state index is 0.0761. The number of aliphatic hydroxyl groups excluding tert-OH is 2. The highest BCUT2D eigenvalue weighted by atomic mass is 19.1. The second-order valence-electron chi connectivity index (χ2n) is 4.26. The summed E-state index contributed by atoms with van der Waals surface area (Å²) < 4.78 is 18.4. The molecule has 0 amide bonds. The molecule has 1 unspecified atom stereocenters. The van der Waals surface area contributed by atoms with E-state index in [-0.39, 0.29) is 18.6 Å². The zero-order chi connectivity index (χ0) is 14.7. The Balaban J connectivity index is 2.38. The van der Waals surface area contributed by atoms with Crippen LogP contribution in [0.1, 0.15) is 18.2 Å². The topological polar surface area (TPSA) is 105 Å². The van der Waals surface area contributed by atoms with Gasteiger partial charge in [0.25, 0.3) is 5.56 Å². The number of aliphatic hydroxyl groups is 2. The van der Waals surface area contributed by atoms with E-state index in [1.165, 1.54) is 0 Å². The van der Waals surface area contributed by atoms with E-state index in [1.807, 2.05) is 4.98 Å². The number of ether oxygens (including phenoxy) is 1. The third kappa shape index (κ3) is 2.80. The maximum absolute atomic E-state index is 12.0. The van der Waals surface area contributed by atoms with E-state index in [1.54, 1.807) is 0 Å². The van der Waals surface area contributed by atoms with Crippen molar-refractivity contribution in [2.24, 2.45) is 0 Å². The standard InChI is InChI=1S/C12H13FN2O5/c13-3-1-2-7-5-15(12(19)14-11(7)18)10-4-8(17)9(6-16)20-10/h5,8-10,16-17H,3-4,6H2,(H,14,18,19)/t8?,9-,10-/m0/s1. The average Bonchev–Trinajstić information content (AvgIpc) is 2.79. The highest BCUT2D eigenvalue weighted by Crippen LogP contribution is 2.27. The molecule has 1 aromatic heterocycles. The molecule has 8 heteroatoms. The number of hydrogen-bond acceptors (Lipinski definition) is 5. The number of alkyl halides is 1. The maximum Gasteiger partial charge on any atom is 0.330 e. The van der Waals surface area contributed by atoms with Gasteiger partial charge < -0.3 is 14.9 Å². The predicted molar refractivity (Wildman–Crippen MR) is 65.8 cm³/mol. The van der Waals surface area contributed by atoms with Crippen molar-refractivity contribution in [1.82, 2.24) is 9.55 Å². The largest absolute Gasteiger partial charge is 0.394 e. The van der Waals surface area contributed by atoms with E-state index in [4.69, 9.17) is 9.84 Å². The van der Waals surface area contributed by atoms with E-state index in [2.05, 4.69) is 11.8 Å². The fourth-order valence-corrected chi connectivity index (χ4v) is 1.97. The van der Waals surface area contributed by atoms with E-state index in [9.17, 15) is 19.1 Å². The monoisotopic (exact) mass is 284 g/mol. The fourth-order valence-electron chi connectivity index (χ4n) is 1.97. The van der Waals surface area contributed by atoms with Crippen molar-refractivity contribution in [2.45, 2.75) is 24.9 Å². The number of nitrogens with zero attached hydrogens (tertiary/aromatic N) is 1. The Morgan fingerprint density at radius 3 is 2.90 bits per heavy atom. The van der Waals surface area contributed by atoms with Crippen LogP contribution < -0.4 is 11.2 Å². The van der Waals surface area contributed by atoms with E-state index in [0.29, 0.717) is 0 Å². The average molecular weight is 284 g/mol. The fraction of sp³-hybridized carbons (Fsp3) is 0.500. The van der Waals surface area contributed by atoms with Crippen LogP contribution in [0.15, 0.2) is 15.8 Å². The van der Waals surface area contributed by atoms with Crippen molar-refractivity contribution in [3.63, 3.8) is 0 Å². The lowest BCUT2D eigenvalue weighted by atomic mass is 10.2. The van der Waals surface area contributed by atoms with Crippen LogP contribution in [0.25, 0.3) is 0 Å². The van der Waals surface area contributed by atoms with Crippen LogP contribution >= 0.6 is 0 Å². The van der Waals surface area contributed by atoms with Gasteiger partial charge in [-0.1, -0.05) is 11.8 Å². The second kappa shape index (κ2) is 6.00. The Hall–Kier alpha value is -1.95. The van der Waals surface area contributed by atoms with Gasteiger partial charge in [-0.25, -0.2) is 9.18 Å². The molecule has 0 radical (unpaired) electrons. The van der Waals surface area contributed by atoms with E-state index in [0.717, 1.165) is 10.8 Å². The van der Waals surface area contributed by atoms with Gasteiger partial charge in [0.05, 0.1) is 12.7 Å². The molecule has 1 fully saturated rings. The summed E-state index contributed by atoms with van der Waals surface area (Å²) in [7, 11) is 0. The van der Waals surface area contributed by atoms with Gasteiger partial charge in [0.2, 0.25) is 0 Å². The number of hydrogen-bond donors (Lipinski definition) is 3. The Morgan fingerprint density at radius 1 is 1.55 bits per heavy atom. The van der Waals surface area contributed by atoms with Gasteiger partial charge in [-0.2, -0.15) is 0 Å². The lowest BCUT2D eigenvalue weighted by Gasteiger charge is -2.14. The van der Waals surface area contributed by atoms with Crippen molar-refractivity contribution in [3.8, 4) is 11.8 Å². The summed E-state index contributed by atoms with van der Waals surface area (Å²) in [5.74, 6) is 4.38. The highest BCUT2D eigenvalue weighted by molar-refractivity contribution is 5.29. The second-order valence-corrected chi connectivity index (χ2v) is 4.26. The SMILES string of the molecule is O=c1[nH]c(=O)n([C@@H]2CC(O)[C@H](CO)O2)cc1C#CCF. The molecule has 20 heavy (non-hydrogen) atoms. The molecular formula is C12H13FN2O5. The zero-order valence-corrected chi connectivity index (χ0v) is 10.4. The number of aromatic nitrogens is 2. The molecule has 3 atom stereocenters. The van der Waals surface area contributed by atoms with Crippen LogP contribution in [0, 0.1) is 11.8 Å². The Morgan fingerprint density at radius 2 is 2.30 bits per heavy atom. The first-order valence-electron chi connectivity index (χ1n) is 5.91. The molecule has 108 valence electrons. The van der Waals surface area contributed by atoms with Gasteiger partial charge in [-0.05, 0) is 0 Å². The molecule has 3 N–H and O–H groups in total. The molecule has 2 rings (SSSR count). The summed E-state index contributed by atoms with van der Waals surface area (Å²) in [6, 6.07) is 0. The van der Waals surface area contributed by atoms with Crippen LogP contribution in [0.2, 0.25) is 0 Å². The van der Waals surface area contributed by atoms with Gasteiger partial charge >= 0.3 is 5.69 Å². The summed E-state index contributed by atoms with van der Waals surface area (Å²) in [6.07, 6.45) is -1.28. The van der Waals surface area contributed by atoms with Crippen LogP contribution in [0.5, 0.6) is 0 Å². The molecule has 1 aromatic rings. The van der Waals surface area contributed by atoms with Crippen LogP contribution in [0.4, 0.5) is 4.39 Å².